The summed E-state index contributed by atoms with van der Waals surface area (Å²) < 4.78 is 5.17. The summed E-state index contributed by atoms with van der Waals surface area (Å²) in [7, 11) is 0. The van der Waals surface area contributed by atoms with Gasteiger partial charge in [-0.15, -0.1) is 0 Å². The van der Waals surface area contributed by atoms with Gasteiger partial charge in [0.25, 0.3) is 0 Å². The van der Waals surface area contributed by atoms with Crippen molar-refractivity contribution in [3.8, 4) is 5.75 Å². The number of benzene rings is 4. The van der Waals surface area contributed by atoms with Crippen molar-refractivity contribution in [2.75, 3.05) is 5.32 Å². The Balaban J connectivity index is 1.48. The molecule has 4 aromatic rings. The Kier molecular flexibility index (Phi) is 6.29. The molecule has 1 fully saturated rings. The third-order valence-electron chi connectivity index (χ3n) is 8.65. The highest BCUT2D eigenvalue weighted by molar-refractivity contribution is 6.30. The molecule has 7 rings (SSSR count). The first-order valence-corrected chi connectivity index (χ1v) is 14.3. The van der Waals surface area contributed by atoms with Crippen molar-refractivity contribution in [1.29, 1.82) is 0 Å². The van der Waals surface area contributed by atoms with Crippen LogP contribution < -0.4 is 10.1 Å². The van der Waals surface area contributed by atoms with E-state index < -0.39 is 29.4 Å². The van der Waals surface area contributed by atoms with Crippen molar-refractivity contribution >= 4 is 46.8 Å². The molecule has 3 aliphatic rings. The Morgan fingerprint density at radius 2 is 1.49 bits per heavy atom. The van der Waals surface area contributed by atoms with E-state index in [9.17, 15) is 19.2 Å². The third-order valence-corrected chi connectivity index (χ3v) is 8.90. The van der Waals surface area contributed by atoms with Crippen LogP contribution in [-0.2, 0) is 15.0 Å². The van der Waals surface area contributed by atoms with E-state index in [-0.39, 0.29) is 17.5 Å². The minimum atomic E-state index is -1.42. The van der Waals surface area contributed by atoms with E-state index in [0.717, 1.165) is 11.1 Å². The summed E-state index contributed by atoms with van der Waals surface area (Å²) in [4.78, 5) is 57.2. The summed E-state index contributed by atoms with van der Waals surface area (Å²) in [6.45, 7) is 1.30. The molecule has 1 N–H and O–H groups in total. The van der Waals surface area contributed by atoms with Crippen LogP contribution >= 0.6 is 11.6 Å². The van der Waals surface area contributed by atoms with Crippen molar-refractivity contribution < 1.29 is 23.9 Å². The molecule has 43 heavy (non-hydrogen) atoms. The minimum Gasteiger partial charge on any atom is -0.427 e. The zero-order valence-corrected chi connectivity index (χ0v) is 23.7. The van der Waals surface area contributed by atoms with Crippen LogP contribution in [0.1, 0.15) is 50.4 Å². The van der Waals surface area contributed by atoms with Gasteiger partial charge in [0.05, 0.1) is 12.0 Å². The summed E-state index contributed by atoms with van der Waals surface area (Å²) in [5.74, 6) is -2.27. The maximum atomic E-state index is 14.8. The van der Waals surface area contributed by atoms with Gasteiger partial charge in [-0.1, -0.05) is 54.1 Å². The van der Waals surface area contributed by atoms with Gasteiger partial charge < -0.3 is 15.0 Å². The number of esters is 1. The Morgan fingerprint density at radius 3 is 2.23 bits per heavy atom. The largest absolute Gasteiger partial charge is 0.427 e. The van der Waals surface area contributed by atoms with Crippen molar-refractivity contribution in [3.05, 3.63) is 136 Å². The molecule has 0 aromatic heterocycles. The van der Waals surface area contributed by atoms with E-state index in [1.54, 1.807) is 48.5 Å². The van der Waals surface area contributed by atoms with E-state index >= 15 is 0 Å². The standard InChI is InChI=1S/C35H25ClN2O5/c1-20(39)43-25-16-12-23(13-17-25)32(41)30-29(31(40)22-10-14-24(36)15-11-22)35(27-8-4-5-9-28(27)37-34(35)42)33-26-7-3-2-6-21(26)18-19-38(30)33/h2-19,29-30,33H,1H3,(H,37,42)/t29-,30+,33+,35-/m1/s1. The fourth-order valence-electron chi connectivity index (χ4n) is 6.99. The number of hydrogen-bond donors (Lipinski definition) is 1. The number of halogens is 1. The Hall–Kier alpha value is -5.01. The van der Waals surface area contributed by atoms with Crippen LogP contribution in [0, 0.1) is 5.92 Å². The van der Waals surface area contributed by atoms with Gasteiger partial charge in [-0.25, -0.2) is 0 Å². The zero-order valence-electron chi connectivity index (χ0n) is 23.0. The molecule has 3 heterocycles. The number of ketones is 2. The van der Waals surface area contributed by atoms with E-state index in [2.05, 4.69) is 5.32 Å². The number of hydrogen-bond acceptors (Lipinski definition) is 6. The van der Waals surface area contributed by atoms with Crippen LogP contribution in [0.2, 0.25) is 5.02 Å². The van der Waals surface area contributed by atoms with Gasteiger partial charge in [0, 0.05) is 35.0 Å². The molecule has 0 radical (unpaired) electrons. The molecule has 4 aromatic carbocycles. The molecular formula is C35H25ClN2O5. The Labute approximate surface area is 252 Å². The first kappa shape index (κ1) is 26.9. The topological polar surface area (TPSA) is 92.8 Å². The number of rotatable bonds is 5. The van der Waals surface area contributed by atoms with Gasteiger partial charge in [0.15, 0.2) is 11.6 Å². The molecule has 0 unspecified atom stereocenters. The molecule has 7 nitrogen and oxygen atoms in total. The summed E-state index contributed by atoms with van der Waals surface area (Å²) in [5.41, 5.74) is 2.31. The number of para-hydroxylation sites is 1. The third kappa shape index (κ3) is 4.03. The number of nitrogens with one attached hydrogen (secondary N) is 1. The van der Waals surface area contributed by atoms with Crippen LogP contribution in [0.15, 0.2) is 103 Å². The van der Waals surface area contributed by atoms with Crippen LogP contribution in [0.3, 0.4) is 0 Å². The summed E-state index contributed by atoms with van der Waals surface area (Å²) in [5, 5.41) is 3.51. The summed E-state index contributed by atoms with van der Waals surface area (Å²) in [6, 6.07) is 26.2. The summed E-state index contributed by atoms with van der Waals surface area (Å²) >= 11 is 6.17. The number of carbonyl (C=O) groups excluding carboxylic acids is 4. The zero-order chi connectivity index (χ0) is 29.9. The van der Waals surface area contributed by atoms with Crippen LogP contribution in [0.5, 0.6) is 5.75 Å². The Bertz CT molecular complexity index is 1850. The van der Waals surface area contributed by atoms with E-state index in [1.807, 2.05) is 65.7 Å². The molecule has 3 aliphatic heterocycles. The van der Waals surface area contributed by atoms with Crippen molar-refractivity contribution in [3.63, 3.8) is 0 Å². The van der Waals surface area contributed by atoms with Gasteiger partial charge in [-0.05, 0) is 77.4 Å². The highest BCUT2D eigenvalue weighted by atomic mass is 35.5. The van der Waals surface area contributed by atoms with Crippen molar-refractivity contribution in [1.82, 2.24) is 4.90 Å². The number of Topliss-reactive ketones (excluding diaryl/α,β-unsaturated/α-hetero) is 2. The molecule has 1 spiro atoms. The maximum Gasteiger partial charge on any atom is 0.308 e. The molecule has 1 amide bonds. The molecule has 212 valence electrons. The van der Waals surface area contributed by atoms with Gasteiger partial charge in [0.1, 0.15) is 17.2 Å². The van der Waals surface area contributed by atoms with E-state index in [0.29, 0.717) is 33.1 Å². The quantitative estimate of drug-likeness (QED) is 0.168. The average Bonchev–Trinajstić information content (AvgIpc) is 3.49. The smallest absolute Gasteiger partial charge is 0.308 e. The molecular weight excluding hydrogens is 564 g/mol. The number of nitrogens with zero attached hydrogens (tertiary/aromatic N) is 1. The van der Waals surface area contributed by atoms with Gasteiger partial charge >= 0.3 is 5.97 Å². The highest BCUT2D eigenvalue weighted by Gasteiger charge is 2.70. The normalized spacial score (nSPS) is 22.9. The molecule has 1 saturated heterocycles. The van der Waals surface area contributed by atoms with Gasteiger partial charge in [0.2, 0.25) is 5.91 Å². The van der Waals surface area contributed by atoms with Crippen LogP contribution in [0.4, 0.5) is 5.69 Å². The first-order valence-electron chi connectivity index (χ1n) is 13.9. The molecule has 0 saturated carbocycles. The molecule has 0 aliphatic carbocycles. The second kappa shape index (κ2) is 10.1. The van der Waals surface area contributed by atoms with Crippen LogP contribution in [-0.4, -0.2) is 34.4 Å². The second-order valence-electron chi connectivity index (χ2n) is 10.9. The molecule has 0 bridgehead atoms. The first-order chi connectivity index (χ1) is 20.8. The SMILES string of the molecule is CC(=O)Oc1ccc(C(=O)[C@@H]2[C@H](C(=O)c3ccc(Cl)cc3)[C@@]3(C(=O)Nc4ccccc43)[C@@H]3c4ccccc4C=CN23)cc1. The fourth-order valence-corrected chi connectivity index (χ4v) is 7.11. The fraction of sp³-hybridized carbons (Fsp3) is 0.143. The second-order valence-corrected chi connectivity index (χ2v) is 11.4. The lowest BCUT2D eigenvalue weighted by molar-refractivity contribution is -0.131. The predicted molar refractivity (Wildman–Crippen MR) is 162 cm³/mol. The lowest BCUT2D eigenvalue weighted by atomic mass is 9.62. The van der Waals surface area contributed by atoms with E-state index in [4.69, 9.17) is 16.3 Å². The maximum absolute atomic E-state index is 14.8. The number of anilines is 1. The van der Waals surface area contributed by atoms with Crippen molar-refractivity contribution in [2.24, 2.45) is 5.92 Å². The number of ether oxygens (including phenoxy) is 1. The summed E-state index contributed by atoms with van der Waals surface area (Å²) in [6.07, 6.45) is 3.74. The van der Waals surface area contributed by atoms with Crippen molar-refractivity contribution in [2.45, 2.75) is 24.4 Å². The Morgan fingerprint density at radius 1 is 0.837 bits per heavy atom. The van der Waals surface area contributed by atoms with Gasteiger partial charge in [-0.3, -0.25) is 19.2 Å². The minimum absolute atomic E-state index is 0.300. The monoisotopic (exact) mass is 588 g/mol. The lowest BCUT2D eigenvalue weighted by Gasteiger charge is -2.38. The van der Waals surface area contributed by atoms with Gasteiger partial charge in [-0.2, -0.15) is 0 Å². The number of carbonyl (C=O) groups is 4. The number of amides is 1. The molecule has 8 heteroatoms. The van der Waals surface area contributed by atoms with Crippen LogP contribution in [0.25, 0.3) is 6.08 Å². The van der Waals surface area contributed by atoms with E-state index in [1.165, 1.54) is 6.92 Å². The number of fused-ring (bicyclic) bond motifs is 6. The average molecular weight is 589 g/mol. The lowest BCUT2D eigenvalue weighted by Crippen LogP contribution is -2.49. The predicted octanol–water partition coefficient (Wildman–Crippen LogP) is 6.25. The molecule has 4 atom stereocenters. The highest BCUT2D eigenvalue weighted by Crippen LogP contribution is 2.62.